The van der Waals surface area contributed by atoms with Gasteiger partial charge in [0.1, 0.15) is 5.82 Å². The molecule has 0 bridgehead atoms. The molecule has 0 unspecified atom stereocenters. The smallest absolute Gasteiger partial charge is 0.298 e. The summed E-state index contributed by atoms with van der Waals surface area (Å²) in [5.74, 6) is -2.52. The molecule has 0 radical (unpaired) electrons. The van der Waals surface area contributed by atoms with Gasteiger partial charge in [0.25, 0.3) is 5.69 Å². The van der Waals surface area contributed by atoms with Crippen molar-refractivity contribution in [1.29, 1.82) is 0 Å². The van der Waals surface area contributed by atoms with Crippen LogP contribution in [0.25, 0.3) is 0 Å². The van der Waals surface area contributed by atoms with Crippen molar-refractivity contribution in [3.05, 3.63) is 33.9 Å². The number of halogens is 2. The Labute approximate surface area is 94.8 Å². The predicted molar refractivity (Wildman–Crippen MR) is 54.6 cm³/mol. The zero-order chi connectivity index (χ0) is 12.6. The second-order valence-corrected chi connectivity index (χ2v) is 3.66. The van der Waals surface area contributed by atoms with E-state index in [1.54, 1.807) is 0 Å². The number of hydrogen-bond acceptors (Lipinski definition) is 3. The van der Waals surface area contributed by atoms with E-state index in [9.17, 15) is 23.7 Å². The average Bonchev–Trinajstić information content (AvgIpc) is 2.63. The summed E-state index contributed by atoms with van der Waals surface area (Å²) in [4.78, 5) is 22.3. The van der Waals surface area contributed by atoms with Crippen molar-refractivity contribution >= 4 is 17.3 Å². The number of carbonyl (C=O) groups excluding carboxylic acids is 1. The third kappa shape index (κ3) is 1.95. The van der Waals surface area contributed by atoms with Crippen molar-refractivity contribution in [1.82, 2.24) is 0 Å². The fourth-order valence-corrected chi connectivity index (χ4v) is 1.84. The first kappa shape index (κ1) is 11.4. The number of nitro benzene ring substituents is 1. The maximum absolute atomic E-state index is 13.6. The van der Waals surface area contributed by atoms with Crippen molar-refractivity contribution < 1.29 is 18.5 Å². The largest absolute Gasteiger partial charge is 0.304 e. The van der Waals surface area contributed by atoms with Gasteiger partial charge in [-0.1, -0.05) is 0 Å². The standard InChI is InChI=1S/C10H8F2N2O3/c11-6-4-7(12)10(8(5-6)14(16)17)13-3-1-2-9(13)15/h4-5H,1-3H2. The first-order chi connectivity index (χ1) is 8.00. The van der Waals surface area contributed by atoms with Crippen LogP contribution < -0.4 is 4.90 Å². The third-order valence-corrected chi connectivity index (χ3v) is 2.55. The molecule has 1 heterocycles. The second-order valence-electron chi connectivity index (χ2n) is 3.66. The molecule has 1 aromatic carbocycles. The quantitative estimate of drug-likeness (QED) is 0.588. The van der Waals surface area contributed by atoms with Crippen molar-refractivity contribution in [2.75, 3.05) is 11.4 Å². The van der Waals surface area contributed by atoms with E-state index in [0.29, 0.717) is 18.6 Å². The van der Waals surface area contributed by atoms with Crippen LogP contribution in [0.3, 0.4) is 0 Å². The van der Waals surface area contributed by atoms with Crippen LogP contribution in [0.5, 0.6) is 0 Å². The first-order valence-corrected chi connectivity index (χ1v) is 4.94. The SMILES string of the molecule is O=C1CCCN1c1c(F)cc(F)cc1[N+](=O)[O-]. The van der Waals surface area contributed by atoms with Crippen molar-refractivity contribution in [3.8, 4) is 0 Å². The van der Waals surface area contributed by atoms with Gasteiger partial charge in [-0.05, 0) is 6.42 Å². The van der Waals surface area contributed by atoms with Gasteiger partial charge in [-0.3, -0.25) is 14.9 Å². The minimum atomic E-state index is -1.09. The summed E-state index contributed by atoms with van der Waals surface area (Å²) in [7, 11) is 0. The van der Waals surface area contributed by atoms with E-state index < -0.39 is 33.8 Å². The molecule has 1 saturated heterocycles. The highest BCUT2D eigenvalue weighted by Gasteiger charge is 2.31. The number of anilines is 1. The van der Waals surface area contributed by atoms with Gasteiger partial charge in [-0.2, -0.15) is 0 Å². The van der Waals surface area contributed by atoms with Crippen LogP contribution in [0.2, 0.25) is 0 Å². The van der Waals surface area contributed by atoms with Crippen LogP contribution in [0, 0.1) is 21.7 Å². The maximum atomic E-state index is 13.6. The maximum Gasteiger partial charge on any atom is 0.298 e. The molecular weight excluding hydrogens is 234 g/mol. The summed E-state index contributed by atoms with van der Waals surface area (Å²) < 4.78 is 26.5. The van der Waals surface area contributed by atoms with E-state index in [1.165, 1.54) is 0 Å². The van der Waals surface area contributed by atoms with E-state index >= 15 is 0 Å². The second kappa shape index (κ2) is 4.08. The molecule has 0 aliphatic carbocycles. The molecule has 2 rings (SSSR count). The molecule has 1 amide bonds. The van der Waals surface area contributed by atoms with Crippen molar-refractivity contribution in [3.63, 3.8) is 0 Å². The molecule has 7 heteroatoms. The zero-order valence-corrected chi connectivity index (χ0v) is 8.65. The van der Waals surface area contributed by atoms with Gasteiger partial charge in [0.2, 0.25) is 5.91 Å². The lowest BCUT2D eigenvalue weighted by Crippen LogP contribution is -2.25. The molecule has 1 fully saturated rings. The van der Waals surface area contributed by atoms with Crippen molar-refractivity contribution in [2.24, 2.45) is 0 Å². The van der Waals surface area contributed by atoms with Gasteiger partial charge >= 0.3 is 0 Å². The monoisotopic (exact) mass is 242 g/mol. The summed E-state index contributed by atoms with van der Waals surface area (Å²) in [5.41, 5.74) is -1.17. The first-order valence-electron chi connectivity index (χ1n) is 4.94. The molecule has 90 valence electrons. The lowest BCUT2D eigenvalue weighted by Gasteiger charge is -2.16. The van der Waals surface area contributed by atoms with Gasteiger partial charge in [0, 0.05) is 19.0 Å². The van der Waals surface area contributed by atoms with E-state index in [2.05, 4.69) is 0 Å². The van der Waals surface area contributed by atoms with Crippen LogP contribution in [0.4, 0.5) is 20.2 Å². The molecule has 5 nitrogen and oxygen atoms in total. The molecule has 1 aliphatic heterocycles. The Morgan fingerprint density at radius 2 is 2.06 bits per heavy atom. The molecule has 0 atom stereocenters. The Kier molecular flexibility index (Phi) is 2.74. The Morgan fingerprint density at radius 1 is 1.35 bits per heavy atom. The predicted octanol–water partition coefficient (Wildman–Crippen LogP) is 2.00. The molecule has 0 saturated carbocycles. The lowest BCUT2D eigenvalue weighted by molar-refractivity contribution is -0.384. The average molecular weight is 242 g/mol. The van der Waals surface area contributed by atoms with E-state index in [-0.39, 0.29) is 13.0 Å². The van der Waals surface area contributed by atoms with E-state index in [0.717, 1.165) is 4.90 Å². The lowest BCUT2D eigenvalue weighted by atomic mass is 10.2. The number of hydrogen-bond donors (Lipinski definition) is 0. The zero-order valence-electron chi connectivity index (χ0n) is 8.65. The highest BCUT2D eigenvalue weighted by Crippen LogP contribution is 2.34. The van der Waals surface area contributed by atoms with Crippen LogP contribution in [0.15, 0.2) is 12.1 Å². The molecule has 17 heavy (non-hydrogen) atoms. The molecular formula is C10H8F2N2O3. The van der Waals surface area contributed by atoms with Gasteiger partial charge < -0.3 is 4.90 Å². The fourth-order valence-electron chi connectivity index (χ4n) is 1.84. The van der Waals surface area contributed by atoms with Gasteiger partial charge in [0.05, 0.1) is 11.0 Å². The number of carbonyl (C=O) groups is 1. The fraction of sp³-hybridized carbons (Fsp3) is 0.300. The molecule has 0 spiro atoms. The minimum Gasteiger partial charge on any atom is -0.304 e. The highest BCUT2D eigenvalue weighted by atomic mass is 19.1. The number of amides is 1. The van der Waals surface area contributed by atoms with Crippen LogP contribution in [-0.2, 0) is 4.79 Å². The summed E-state index contributed by atoms with van der Waals surface area (Å²) >= 11 is 0. The Balaban J connectivity index is 2.58. The summed E-state index contributed by atoms with van der Waals surface area (Å²) in [6, 6.07) is 1.15. The van der Waals surface area contributed by atoms with Gasteiger partial charge in [0.15, 0.2) is 11.5 Å². The third-order valence-electron chi connectivity index (χ3n) is 2.55. The summed E-state index contributed by atoms with van der Waals surface area (Å²) in [5, 5.41) is 10.7. The normalized spacial score (nSPS) is 15.4. The number of nitro groups is 1. The van der Waals surface area contributed by atoms with Crippen molar-refractivity contribution in [2.45, 2.75) is 12.8 Å². The van der Waals surface area contributed by atoms with Crippen LogP contribution >= 0.6 is 0 Å². The number of benzene rings is 1. The van der Waals surface area contributed by atoms with E-state index in [1.807, 2.05) is 0 Å². The topological polar surface area (TPSA) is 63.5 Å². The summed E-state index contributed by atoms with van der Waals surface area (Å²) in [6.07, 6.45) is 0.723. The number of rotatable bonds is 2. The Hall–Kier alpha value is -2.05. The Bertz CT molecular complexity index is 505. The van der Waals surface area contributed by atoms with Gasteiger partial charge in [-0.25, -0.2) is 8.78 Å². The molecule has 1 aliphatic rings. The Morgan fingerprint density at radius 3 is 2.59 bits per heavy atom. The van der Waals surface area contributed by atoms with Gasteiger partial charge in [-0.15, -0.1) is 0 Å². The molecule has 1 aromatic rings. The summed E-state index contributed by atoms with van der Waals surface area (Å²) in [6.45, 7) is 0.211. The van der Waals surface area contributed by atoms with Crippen LogP contribution in [0.1, 0.15) is 12.8 Å². The van der Waals surface area contributed by atoms with Crippen LogP contribution in [-0.4, -0.2) is 17.4 Å². The minimum absolute atomic E-state index is 0.211. The molecule has 0 N–H and O–H groups in total. The number of nitrogens with zero attached hydrogens (tertiary/aromatic N) is 2. The highest BCUT2D eigenvalue weighted by molar-refractivity contribution is 5.97. The van der Waals surface area contributed by atoms with E-state index in [4.69, 9.17) is 0 Å². The molecule has 0 aromatic heterocycles.